The van der Waals surface area contributed by atoms with E-state index in [9.17, 15) is 4.39 Å². The standard InChI is InChI=1S/C28H36BrFN4O2/c1-27(2,3)34-11-9-18(10-12-34)16-35-24-15-23-20(14-25(24)36-28(4,5)6)26(32-17-31-23)33-22-8-7-19(29)13-21(22)30/h7-8,13-15,17-18H,9-12,16H2,1-6H3,(H,31,32,33)/i9D2,10D2,16D2. The number of hydrogen-bond donors (Lipinski definition) is 1. The minimum absolute atomic E-state index is 0.0771. The van der Waals surface area contributed by atoms with Gasteiger partial charge in [-0.3, -0.25) is 4.90 Å². The van der Waals surface area contributed by atoms with E-state index in [1.54, 1.807) is 43.9 Å². The summed E-state index contributed by atoms with van der Waals surface area (Å²) in [5.74, 6) is -1.96. The Morgan fingerprint density at radius 2 is 1.83 bits per heavy atom. The number of benzene rings is 2. The van der Waals surface area contributed by atoms with Crippen LogP contribution in [-0.2, 0) is 0 Å². The van der Waals surface area contributed by atoms with Crippen molar-refractivity contribution in [2.24, 2.45) is 5.92 Å². The van der Waals surface area contributed by atoms with Crippen LogP contribution in [0.4, 0.5) is 15.9 Å². The van der Waals surface area contributed by atoms with Gasteiger partial charge >= 0.3 is 0 Å². The smallest absolute Gasteiger partial charge is 0.163 e. The van der Waals surface area contributed by atoms with Crippen molar-refractivity contribution in [3.8, 4) is 11.5 Å². The molecule has 8 heteroatoms. The second-order valence-corrected chi connectivity index (χ2v) is 11.5. The maximum atomic E-state index is 14.6. The van der Waals surface area contributed by atoms with Gasteiger partial charge < -0.3 is 14.8 Å². The molecule has 0 bridgehead atoms. The van der Waals surface area contributed by atoms with Crippen molar-refractivity contribution < 1.29 is 22.1 Å². The minimum Gasteiger partial charge on any atom is -0.489 e. The van der Waals surface area contributed by atoms with Crippen molar-refractivity contribution in [3.05, 3.63) is 46.9 Å². The fourth-order valence-electron chi connectivity index (χ4n) is 3.58. The van der Waals surface area contributed by atoms with Crippen molar-refractivity contribution >= 4 is 38.3 Å². The molecule has 0 unspecified atom stereocenters. The molecule has 1 N–H and O–H groups in total. The highest BCUT2D eigenvalue weighted by Crippen LogP contribution is 2.38. The maximum absolute atomic E-state index is 14.6. The topological polar surface area (TPSA) is 59.5 Å². The number of rotatable bonds is 6. The second-order valence-electron chi connectivity index (χ2n) is 10.6. The molecule has 1 aliphatic rings. The summed E-state index contributed by atoms with van der Waals surface area (Å²) in [5.41, 5.74) is -0.763. The molecule has 194 valence electrons. The predicted molar refractivity (Wildman–Crippen MR) is 147 cm³/mol. The van der Waals surface area contributed by atoms with Crippen LogP contribution < -0.4 is 14.8 Å². The van der Waals surface area contributed by atoms with Crippen molar-refractivity contribution in [1.82, 2.24) is 14.9 Å². The number of aromatic nitrogens is 2. The van der Waals surface area contributed by atoms with E-state index in [0.717, 1.165) is 0 Å². The van der Waals surface area contributed by atoms with Gasteiger partial charge in [-0.2, -0.15) is 0 Å². The molecular weight excluding hydrogens is 523 g/mol. The Bertz CT molecular complexity index is 1460. The lowest BCUT2D eigenvalue weighted by molar-refractivity contribution is 0.0698. The van der Waals surface area contributed by atoms with Crippen molar-refractivity contribution in [1.29, 1.82) is 0 Å². The molecule has 0 amide bonds. The normalized spacial score (nSPS) is 21.4. The van der Waals surface area contributed by atoms with Crippen LogP contribution in [-0.4, -0.2) is 45.7 Å². The molecule has 0 spiro atoms. The van der Waals surface area contributed by atoms with Gasteiger partial charge in [0, 0.05) is 26.9 Å². The van der Waals surface area contributed by atoms with E-state index in [2.05, 4.69) is 31.2 Å². The SMILES string of the molecule is [2H]C1([2H])CN(C(C)(C)C)CC([2H])([2H])C1C([2H])([2H])Oc1cc2ncnc(Nc3ccc(Br)cc3F)c2cc1OC(C)(C)C. The summed E-state index contributed by atoms with van der Waals surface area (Å²) >= 11 is 3.24. The summed E-state index contributed by atoms with van der Waals surface area (Å²) in [6.07, 6.45) is -3.27. The monoisotopic (exact) mass is 564 g/mol. The number of anilines is 2. The molecule has 4 rings (SSSR count). The molecule has 6 nitrogen and oxygen atoms in total. The third-order valence-electron chi connectivity index (χ3n) is 5.51. The van der Waals surface area contributed by atoms with Crippen LogP contribution in [0.5, 0.6) is 11.5 Å². The average molecular weight is 566 g/mol. The van der Waals surface area contributed by atoms with Crippen molar-refractivity contribution in [2.75, 3.05) is 25.0 Å². The van der Waals surface area contributed by atoms with Crippen LogP contribution in [0, 0.1) is 11.7 Å². The fourth-order valence-corrected chi connectivity index (χ4v) is 3.92. The van der Waals surface area contributed by atoms with E-state index >= 15 is 0 Å². The zero-order chi connectivity index (χ0) is 31.5. The van der Waals surface area contributed by atoms with E-state index in [0.29, 0.717) is 15.4 Å². The van der Waals surface area contributed by atoms with Crippen LogP contribution >= 0.6 is 15.9 Å². The number of ether oxygens (including phenoxy) is 2. The summed E-state index contributed by atoms with van der Waals surface area (Å²) in [6, 6.07) is 7.54. The quantitative estimate of drug-likeness (QED) is 0.338. The van der Waals surface area contributed by atoms with E-state index in [1.165, 1.54) is 18.5 Å². The first-order valence-electron chi connectivity index (χ1n) is 14.7. The molecule has 1 aliphatic heterocycles. The molecule has 0 saturated carbocycles. The number of nitrogens with one attached hydrogen (secondary N) is 1. The Kier molecular flexibility index (Phi) is 5.73. The first-order valence-corrected chi connectivity index (χ1v) is 12.5. The highest BCUT2D eigenvalue weighted by atomic mass is 79.9. The zero-order valence-electron chi connectivity index (χ0n) is 27.4. The number of fused-ring (bicyclic) bond motifs is 1. The molecule has 1 fully saturated rings. The van der Waals surface area contributed by atoms with Gasteiger partial charge in [0.25, 0.3) is 0 Å². The summed E-state index contributed by atoms with van der Waals surface area (Å²) in [7, 11) is 0. The molecule has 3 aromatic rings. The van der Waals surface area contributed by atoms with Gasteiger partial charge in [0.1, 0.15) is 23.6 Å². The molecule has 2 heterocycles. The predicted octanol–water partition coefficient (Wildman–Crippen LogP) is 7.34. The highest BCUT2D eigenvalue weighted by molar-refractivity contribution is 9.10. The number of nitrogens with zero attached hydrogens (tertiary/aromatic N) is 3. The fraction of sp³-hybridized carbons (Fsp3) is 0.500. The largest absolute Gasteiger partial charge is 0.489 e. The molecular formula is C28H36BrFN4O2. The first kappa shape index (κ1) is 19.6. The van der Waals surface area contributed by atoms with E-state index in [-0.39, 0.29) is 36.1 Å². The number of likely N-dealkylation sites (tertiary alicyclic amines) is 1. The first-order chi connectivity index (χ1) is 19.1. The molecule has 1 saturated heterocycles. The molecule has 36 heavy (non-hydrogen) atoms. The Morgan fingerprint density at radius 1 is 1.11 bits per heavy atom. The second kappa shape index (κ2) is 10.5. The highest BCUT2D eigenvalue weighted by Gasteiger charge is 2.27. The maximum Gasteiger partial charge on any atom is 0.163 e. The summed E-state index contributed by atoms with van der Waals surface area (Å²) < 4.78 is 79.8. The summed E-state index contributed by atoms with van der Waals surface area (Å²) in [6.45, 7) is 7.88. The number of hydrogen-bond acceptors (Lipinski definition) is 6. The van der Waals surface area contributed by atoms with Gasteiger partial charge in [-0.05, 0) is 97.6 Å². The van der Waals surface area contributed by atoms with Crippen LogP contribution in [0.1, 0.15) is 62.5 Å². The van der Waals surface area contributed by atoms with Gasteiger partial charge in [-0.15, -0.1) is 0 Å². The van der Waals surface area contributed by atoms with Crippen LogP contribution in [0.15, 0.2) is 41.1 Å². The van der Waals surface area contributed by atoms with Crippen LogP contribution in [0.25, 0.3) is 10.9 Å². The van der Waals surface area contributed by atoms with Gasteiger partial charge in [-0.1, -0.05) is 15.9 Å². The zero-order valence-corrected chi connectivity index (χ0v) is 23.0. The van der Waals surface area contributed by atoms with Crippen LogP contribution in [0.2, 0.25) is 0 Å². The lowest BCUT2D eigenvalue weighted by Gasteiger charge is -2.40. The number of halogens is 2. The summed E-state index contributed by atoms with van der Waals surface area (Å²) in [4.78, 5) is 10.2. The Balaban J connectivity index is 1.77. The molecule has 0 atom stereocenters. The lowest BCUT2D eigenvalue weighted by Crippen LogP contribution is -2.46. The Labute approximate surface area is 230 Å². The van der Waals surface area contributed by atoms with Crippen molar-refractivity contribution in [3.63, 3.8) is 0 Å². The number of piperidine rings is 1. The van der Waals surface area contributed by atoms with Crippen molar-refractivity contribution in [2.45, 2.75) is 65.4 Å². The molecule has 0 aliphatic carbocycles. The van der Waals surface area contributed by atoms with Gasteiger partial charge in [0.05, 0.1) is 20.5 Å². The third kappa shape index (κ3) is 6.65. The van der Waals surface area contributed by atoms with E-state index < -0.39 is 42.2 Å². The summed E-state index contributed by atoms with van der Waals surface area (Å²) in [5, 5.41) is 3.41. The van der Waals surface area contributed by atoms with E-state index in [4.69, 9.17) is 17.7 Å². The van der Waals surface area contributed by atoms with E-state index in [1.807, 2.05) is 20.8 Å². The van der Waals surface area contributed by atoms with Gasteiger partial charge in [0.15, 0.2) is 11.5 Å². The lowest BCUT2D eigenvalue weighted by atomic mass is 9.93. The minimum atomic E-state index is -2.78. The molecule has 1 aromatic heterocycles. The van der Waals surface area contributed by atoms with Crippen LogP contribution in [0.3, 0.4) is 0 Å². The average Bonchev–Trinajstić information content (AvgIpc) is 2.78. The Morgan fingerprint density at radius 3 is 2.47 bits per heavy atom. The molecule has 0 radical (unpaired) electrons. The van der Waals surface area contributed by atoms with Gasteiger partial charge in [-0.25, -0.2) is 14.4 Å². The van der Waals surface area contributed by atoms with Gasteiger partial charge in [0.2, 0.25) is 0 Å². The Hall–Kier alpha value is -2.45. The third-order valence-corrected chi connectivity index (χ3v) is 6.00. The molecule has 2 aromatic carbocycles.